The van der Waals surface area contributed by atoms with Gasteiger partial charge in [0.1, 0.15) is 0 Å². The summed E-state index contributed by atoms with van der Waals surface area (Å²) in [4.78, 5) is 0.381. The highest BCUT2D eigenvalue weighted by Gasteiger charge is 1.98. The largest absolute Gasteiger partial charge is 0.0843 e. The van der Waals surface area contributed by atoms with Crippen molar-refractivity contribution >= 4 is 27.5 Å². The predicted octanol–water partition coefficient (Wildman–Crippen LogP) is 3.80. The van der Waals surface area contributed by atoms with Gasteiger partial charge >= 0.3 is 0 Å². The number of halogens is 2. The van der Waals surface area contributed by atoms with Crippen LogP contribution in [0.5, 0.6) is 0 Å². The van der Waals surface area contributed by atoms with Gasteiger partial charge in [-0.25, -0.2) is 0 Å². The van der Waals surface area contributed by atoms with Crippen LogP contribution < -0.4 is 0 Å². The maximum atomic E-state index is 5.77. The number of hydrogen-bond donors (Lipinski definition) is 0. The number of benzene rings is 1. The second-order valence-corrected chi connectivity index (χ2v) is 3.98. The molecule has 10 heavy (non-hydrogen) atoms. The molecule has 1 atom stereocenters. The first kappa shape index (κ1) is 8.09. The first-order chi connectivity index (χ1) is 4.70. The lowest BCUT2D eigenvalue weighted by Crippen LogP contribution is -1.81. The Kier molecular flexibility index (Phi) is 2.75. The molecule has 0 saturated heterocycles. The second kappa shape index (κ2) is 3.40. The van der Waals surface area contributed by atoms with Crippen LogP contribution in [-0.4, -0.2) is 0 Å². The number of alkyl halides is 1. The molecule has 0 aromatic heterocycles. The zero-order chi connectivity index (χ0) is 7.56. The van der Waals surface area contributed by atoms with Gasteiger partial charge < -0.3 is 0 Å². The predicted molar refractivity (Wildman–Crippen MR) is 48.8 cm³/mol. The quantitative estimate of drug-likeness (QED) is 0.630. The van der Waals surface area contributed by atoms with Gasteiger partial charge in [0.05, 0.1) is 0 Å². The van der Waals surface area contributed by atoms with Crippen LogP contribution in [0.25, 0.3) is 0 Å². The Morgan fingerprint density at radius 2 is 2.20 bits per heavy atom. The molecule has 0 saturated carbocycles. The van der Waals surface area contributed by atoms with E-state index in [9.17, 15) is 0 Å². The molecule has 0 fully saturated rings. The SMILES string of the molecule is C[C@H](Br)c1cccc(Cl)c1. The Morgan fingerprint density at radius 1 is 1.50 bits per heavy atom. The number of rotatable bonds is 1. The van der Waals surface area contributed by atoms with Gasteiger partial charge in [0.2, 0.25) is 0 Å². The maximum absolute atomic E-state index is 5.77. The summed E-state index contributed by atoms with van der Waals surface area (Å²) in [5, 5.41) is 0.795. The summed E-state index contributed by atoms with van der Waals surface area (Å²) in [6, 6.07) is 7.84. The van der Waals surface area contributed by atoms with Crippen molar-refractivity contribution in [3.05, 3.63) is 34.9 Å². The van der Waals surface area contributed by atoms with E-state index < -0.39 is 0 Å². The smallest absolute Gasteiger partial charge is 0.0409 e. The summed E-state index contributed by atoms with van der Waals surface area (Å²) in [5.74, 6) is 0. The molecule has 1 aromatic carbocycles. The number of hydrogen-bond acceptors (Lipinski definition) is 0. The Bertz CT molecular complexity index is 220. The van der Waals surface area contributed by atoms with E-state index in [1.54, 1.807) is 0 Å². The highest BCUT2D eigenvalue weighted by Crippen LogP contribution is 2.23. The molecule has 0 heterocycles. The Balaban J connectivity index is 2.96. The van der Waals surface area contributed by atoms with E-state index in [0.717, 1.165) is 5.02 Å². The lowest BCUT2D eigenvalue weighted by atomic mass is 10.2. The van der Waals surface area contributed by atoms with Crippen LogP contribution in [0.4, 0.5) is 0 Å². The zero-order valence-corrected chi connectivity index (χ0v) is 7.98. The summed E-state index contributed by atoms with van der Waals surface area (Å²) >= 11 is 9.23. The van der Waals surface area contributed by atoms with E-state index in [0.29, 0.717) is 4.83 Å². The molecular weight excluding hydrogens is 211 g/mol. The van der Waals surface area contributed by atoms with Crippen molar-refractivity contribution in [1.29, 1.82) is 0 Å². The summed E-state index contributed by atoms with van der Waals surface area (Å²) in [5.41, 5.74) is 1.22. The first-order valence-electron chi connectivity index (χ1n) is 3.09. The Hall–Kier alpha value is -0.0100. The lowest BCUT2D eigenvalue weighted by Gasteiger charge is -2.01. The summed E-state index contributed by atoms with van der Waals surface area (Å²) in [7, 11) is 0. The summed E-state index contributed by atoms with van der Waals surface area (Å²) < 4.78 is 0. The van der Waals surface area contributed by atoms with Crippen LogP contribution >= 0.6 is 27.5 Å². The molecular formula is C8H8BrCl. The average molecular weight is 220 g/mol. The van der Waals surface area contributed by atoms with Crippen molar-refractivity contribution < 1.29 is 0 Å². The first-order valence-corrected chi connectivity index (χ1v) is 4.39. The van der Waals surface area contributed by atoms with E-state index in [4.69, 9.17) is 11.6 Å². The lowest BCUT2D eigenvalue weighted by molar-refractivity contribution is 1.12. The van der Waals surface area contributed by atoms with Gasteiger partial charge in [-0.1, -0.05) is 39.7 Å². The van der Waals surface area contributed by atoms with Crippen molar-refractivity contribution in [3.8, 4) is 0 Å². The Labute approximate surface area is 74.3 Å². The minimum absolute atomic E-state index is 0.381. The maximum Gasteiger partial charge on any atom is 0.0409 e. The van der Waals surface area contributed by atoms with Crippen molar-refractivity contribution in [2.45, 2.75) is 11.8 Å². The topological polar surface area (TPSA) is 0 Å². The van der Waals surface area contributed by atoms with Gasteiger partial charge in [-0.3, -0.25) is 0 Å². The van der Waals surface area contributed by atoms with E-state index in [2.05, 4.69) is 22.9 Å². The molecule has 0 nitrogen and oxygen atoms in total. The highest BCUT2D eigenvalue weighted by molar-refractivity contribution is 9.09. The van der Waals surface area contributed by atoms with Crippen molar-refractivity contribution in [2.75, 3.05) is 0 Å². The minimum Gasteiger partial charge on any atom is -0.0843 e. The zero-order valence-electron chi connectivity index (χ0n) is 5.64. The van der Waals surface area contributed by atoms with Crippen LogP contribution in [-0.2, 0) is 0 Å². The molecule has 0 aliphatic heterocycles. The van der Waals surface area contributed by atoms with Crippen LogP contribution in [0.1, 0.15) is 17.3 Å². The van der Waals surface area contributed by atoms with Crippen LogP contribution in [0.3, 0.4) is 0 Å². The molecule has 0 amide bonds. The summed E-state index contributed by atoms with van der Waals surface area (Å²) in [6.07, 6.45) is 0. The van der Waals surface area contributed by atoms with E-state index in [1.165, 1.54) is 5.56 Å². The molecule has 0 N–H and O–H groups in total. The van der Waals surface area contributed by atoms with E-state index in [-0.39, 0.29) is 0 Å². The third-order valence-electron chi connectivity index (χ3n) is 1.31. The van der Waals surface area contributed by atoms with Gasteiger partial charge in [-0.15, -0.1) is 0 Å². The van der Waals surface area contributed by atoms with Crippen molar-refractivity contribution in [3.63, 3.8) is 0 Å². The molecule has 2 heteroatoms. The standard InChI is InChI=1S/C8H8BrCl/c1-6(9)7-3-2-4-8(10)5-7/h2-6H,1H3/t6-/m0/s1. The van der Waals surface area contributed by atoms with Gasteiger partial charge in [-0.2, -0.15) is 0 Å². The Morgan fingerprint density at radius 3 is 2.60 bits per heavy atom. The summed E-state index contributed by atoms with van der Waals surface area (Å²) in [6.45, 7) is 2.08. The molecule has 1 aromatic rings. The molecule has 0 aliphatic rings. The van der Waals surface area contributed by atoms with Gasteiger partial charge in [0.25, 0.3) is 0 Å². The van der Waals surface area contributed by atoms with E-state index >= 15 is 0 Å². The molecule has 0 bridgehead atoms. The normalized spacial score (nSPS) is 13.1. The molecule has 0 unspecified atom stereocenters. The van der Waals surface area contributed by atoms with Gasteiger partial charge in [0.15, 0.2) is 0 Å². The third-order valence-corrected chi connectivity index (χ3v) is 2.07. The molecule has 0 spiro atoms. The van der Waals surface area contributed by atoms with Crippen molar-refractivity contribution in [2.24, 2.45) is 0 Å². The van der Waals surface area contributed by atoms with Crippen LogP contribution in [0.2, 0.25) is 5.02 Å². The highest BCUT2D eigenvalue weighted by atomic mass is 79.9. The molecule has 54 valence electrons. The molecule has 1 rings (SSSR count). The fourth-order valence-corrected chi connectivity index (χ4v) is 1.24. The fraction of sp³-hybridized carbons (Fsp3) is 0.250. The van der Waals surface area contributed by atoms with Crippen molar-refractivity contribution in [1.82, 2.24) is 0 Å². The van der Waals surface area contributed by atoms with Gasteiger partial charge in [0, 0.05) is 9.85 Å². The fourth-order valence-electron chi connectivity index (χ4n) is 0.754. The molecule has 0 radical (unpaired) electrons. The average Bonchev–Trinajstić information content (AvgIpc) is 1.88. The molecule has 0 aliphatic carbocycles. The monoisotopic (exact) mass is 218 g/mol. The van der Waals surface area contributed by atoms with Crippen LogP contribution in [0, 0.1) is 0 Å². The van der Waals surface area contributed by atoms with E-state index in [1.807, 2.05) is 24.3 Å². The van der Waals surface area contributed by atoms with Gasteiger partial charge in [-0.05, 0) is 24.6 Å². The third kappa shape index (κ3) is 1.99. The second-order valence-electron chi connectivity index (χ2n) is 2.17. The van der Waals surface area contributed by atoms with Crippen LogP contribution in [0.15, 0.2) is 24.3 Å². The minimum atomic E-state index is 0.381.